The van der Waals surface area contributed by atoms with Crippen molar-refractivity contribution in [1.29, 1.82) is 0 Å². The summed E-state index contributed by atoms with van der Waals surface area (Å²) in [5.74, 6) is 0.412. The highest BCUT2D eigenvalue weighted by molar-refractivity contribution is 5.96. The molecule has 49 heavy (non-hydrogen) atoms. The van der Waals surface area contributed by atoms with Crippen LogP contribution in [0.15, 0.2) is 73.3 Å². The van der Waals surface area contributed by atoms with E-state index in [9.17, 15) is 14.7 Å². The van der Waals surface area contributed by atoms with Gasteiger partial charge in [0.15, 0.2) is 41.6 Å². The summed E-state index contributed by atoms with van der Waals surface area (Å²) >= 11 is 0. The van der Waals surface area contributed by atoms with Crippen molar-refractivity contribution in [2.45, 2.75) is 86.9 Å². The fourth-order valence-electron chi connectivity index (χ4n) is 7.67. The molecule has 10 unspecified atom stereocenters. The summed E-state index contributed by atoms with van der Waals surface area (Å²) in [6, 6.07) is 19.7. The second kappa shape index (κ2) is 12.5. The Labute approximate surface area is 281 Å². The molecule has 3 N–H and O–H groups in total. The normalized spacial score (nSPS) is 33.4. The van der Waals surface area contributed by atoms with Gasteiger partial charge in [-0.15, -0.1) is 0 Å². The number of epoxide rings is 1. The van der Waals surface area contributed by atoms with E-state index in [1.165, 1.54) is 11.9 Å². The highest BCUT2D eigenvalue weighted by Crippen LogP contribution is 2.43. The van der Waals surface area contributed by atoms with Crippen LogP contribution in [0.3, 0.4) is 0 Å². The van der Waals surface area contributed by atoms with Gasteiger partial charge in [0, 0.05) is 24.4 Å². The Morgan fingerprint density at radius 2 is 1.69 bits per heavy atom. The second-order valence-corrected chi connectivity index (χ2v) is 13.4. The molecule has 1 aliphatic carbocycles. The summed E-state index contributed by atoms with van der Waals surface area (Å²) in [5, 5.41) is 15.7. The molecule has 6 heterocycles. The van der Waals surface area contributed by atoms with Gasteiger partial charge in [-0.05, 0) is 36.9 Å². The number of imidazole rings is 1. The van der Waals surface area contributed by atoms with Crippen LogP contribution in [0.4, 0.5) is 10.6 Å². The molecule has 0 radical (unpaired) electrons. The first-order valence-electron chi connectivity index (χ1n) is 16.9. The van der Waals surface area contributed by atoms with Crippen molar-refractivity contribution in [3.63, 3.8) is 0 Å². The number of hydrogen-bond donors (Lipinski definition) is 3. The van der Waals surface area contributed by atoms with E-state index in [1.54, 1.807) is 10.9 Å². The Morgan fingerprint density at radius 1 is 0.918 bits per heavy atom. The molecule has 4 aliphatic heterocycles. The summed E-state index contributed by atoms with van der Waals surface area (Å²) in [5.41, 5.74) is 3.05. The van der Waals surface area contributed by atoms with Crippen LogP contribution in [-0.2, 0) is 30.2 Å². The van der Waals surface area contributed by atoms with Gasteiger partial charge in [0.05, 0.1) is 12.9 Å². The highest BCUT2D eigenvalue weighted by atomic mass is 16.8. The molecule has 4 aromatic rings. The molecule has 9 rings (SSSR count). The Morgan fingerprint density at radius 3 is 2.49 bits per heavy atom. The first-order chi connectivity index (χ1) is 24.0. The molecule has 10 atom stereocenters. The summed E-state index contributed by atoms with van der Waals surface area (Å²) in [4.78, 5) is 42.3. The van der Waals surface area contributed by atoms with E-state index in [4.69, 9.17) is 18.9 Å². The van der Waals surface area contributed by atoms with Gasteiger partial charge >= 0.3 is 6.03 Å². The number of nitrogens with one attached hydrogen (secondary N) is 2. The largest absolute Gasteiger partial charge is 0.366 e. The van der Waals surface area contributed by atoms with Crippen LogP contribution in [0.1, 0.15) is 42.5 Å². The third kappa shape index (κ3) is 5.98. The lowest BCUT2D eigenvalue weighted by molar-refractivity contribution is -0.159. The zero-order valence-electron chi connectivity index (χ0n) is 26.6. The maximum absolute atomic E-state index is 13.9. The first-order valence-corrected chi connectivity index (χ1v) is 16.9. The van der Waals surface area contributed by atoms with Crippen LogP contribution < -0.4 is 10.6 Å². The van der Waals surface area contributed by atoms with Gasteiger partial charge < -0.3 is 29.4 Å². The average molecular weight is 668 g/mol. The Kier molecular flexibility index (Phi) is 7.86. The first kappa shape index (κ1) is 30.7. The fraction of sp³-hybridized carbons (Fsp3) is 0.457. The van der Waals surface area contributed by atoms with Crippen LogP contribution in [0, 0.1) is 0 Å². The molecule has 254 valence electrons. The molecule has 1 saturated carbocycles. The number of carbonyl (C=O) groups excluding carboxylic acids is 2. The Bertz CT molecular complexity index is 1840. The lowest BCUT2D eigenvalue weighted by Crippen LogP contribution is -2.44. The molecule has 2 amide bonds. The number of aliphatic hydroxyl groups excluding tert-OH is 1. The van der Waals surface area contributed by atoms with Gasteiger partial charge in [-0.1, -0.05) is 60.7 Å². The Hall–Kier alpha value is -4.31. The zero-order valence-corrected chi connectivity index (χ0v) is 26.6. The number of urea groups is 1. The van der Waals surface area contributed by atoms with Crippen molar-refractivity contribution in [3.8, 4) is 0 Å². The number of carbonyl (C=O) groups is 2. The van der Waals surface area contributed by atoms with E-state index in [0.717, 1.165) is 31.4 Å². The predicted molar refractivity (Wildman–Crippen MR) is 173 cm³/mol. The number of nitrogens with zero attached hydrogens (tertiary/aromatic N) is 5. The number of Topliss-reactive ketones (excluding diaryl/α,β-unsaturated/α-hetero) is 1. The van der Waals surface area contributed by atoms with Gasteiger partial charge in [0.25, 0.3) is 0 Å². The number of ketones is 1. The third-order valence-electron chi connectivity index (χ3n) is 10.2. The molecule has 0 bridgehead atoms. The molecule has 14 nitrogen and oxygen atoms in total. The quantitative estimate of drug-likeness (QED) is 0.213. The lowest BCUT2D eigenvalue weighted by Gasteiger charge is -2.25. The van der Waals surface area contributed by atoms with Crippen molar-refractivity contribution in [1.82, 2.24) is 29.7 Å². The zero-order chi connectivity index (χ0) is 33.1. The third-order valence-corrected chi connectivity index (χ3v) is 10.2. The minimum atomic E-state index is -0.902. The van der Waals surface area contributed by atoms with Crippen molar-refractivity contribution >= 4 is 28.8 Å². The van der Waals surface area contributed by atoms with Crippen LogP contribution >= 0.6 is 0 Å². The van der Waals surface area contributed by atoms with Gasteiger partial charge in [-0.3, -0.25) is 19.6 Å². The summed E-state index contributed by atoms with van der Waals surface area (Å²) in [6.07, 6.45) is 1.51. The number of anilines is 1. The molecule has 5 aliphatic rings. The van der Waals surface area contributed by atoms with Crippen LogP contribution in [-0.4, -0.2) is 104 Å². The minimum Gasteiger partial charge on any atom is -0.366 e. The number of ether oxygens (including phenoxy) is 4. The van der Waals surface area contributed by atoms with Gasteiger partial charge in [0.2, 0.25) is 0 Å². The number of amides is 2. The molecule has 5 fully saturated rings. The van der Waals surface area contributed by atoms with Crippen molar-refractivity contribution in [2.24, 2.45) is 0 Å². The van der Waals surface area contributed by atoms with E-state index in [-0.39, 0.29) is 48.3 Å². The van der Waals surface area contributed by atoms with E-state index in [2.05, 4.69) is 42.6 Å². The van der Waals surface area contributed by atoms with Gasteiger partial charge in [-0.2, -0.15) is 0 Å². The smallest absolute Gasteiger partial charge is 0.320 e. The molecule has 14 heteroatoms. The number of aliphatic hydroxyl groups is 1. The maximum atomic E-state index is 13.9. The van der Waals surface area contributed by atoms with E-state index >= 15 is 0 Å². The number of aromatic nitrogens is 4. The monoisotopic (exact) mass is 667 g/mol. The van der Waals surface area contributed by atoms with Crippen LogP contribution in [0.2, 0.25) is 0 Å². The summed E-state index contributed by atoms with van der Waals surface area (Å²) < 4.78 is 26.4. The second-order valence-electron chi connectivity index (χ2n) is 13.4. The number of rotatable bonds is 10. The van der Waals surface area contributed by atoms with Crippen molar-refractivity contribution < 1.29 is 33.6 Å². The average Bonchev–Trinajstić information content (AvgIpc) is 3.70. The lowest BCUT2D eigenvalue weighted by atomic mass is 10.1. The van der Waals surface area contributed by atoms with Gasteiger partial charge in [0.1, 0.15) is 30.7 Å². The molecular weight excluding hydrogens is 630 g/mol. The van der Waals surface area contributed by atoms with Crippen molar-refractivity contribution in [2.75, 3.05) is 18.4 Å². The molecule has 2 aromatic heterocycles. The maximum Gasteiger partial charge on any atom is 0.320 e. The van der Waals surface area contributed by atoms with Gasteiger partial charge in [-0.25, -0.2) is 19.7 Å². The minimum absolute atomic E-state index is 0.0138. The molecule has 4 saturated heterocycles. The topological polar surface area (TPSA) is 165 Å². The standard InChI is InChI=1S/C35H37N7O7/c43-24(16-41-13-7-12-23(41)27-34(44)49-27)28-29-30(47-25(46-29)14-19-8-3-1-4-9-19)33(48-28)42-18-38-26-31(36-17-37-32(26)42)40-35(45)39-22-15-21(22)20-10-5-2-6-11-20/h1-6,8-11,17-18,21-23,25,27-30,33-34,44H,7,12-16H2,(H2,36,37,39,40,45). The van der Waals surface area contributed by atoms with E-state index in [1.807, 2.05) is 48.5 Å². The predicted octanol–water partition coefficient (Wildman–Crippen LogP) is 2.50. The number of likely N-dealkylation sites (tertiary alicyclic amines) is 1. The number of hydrogen-bond acceptors (Lipinski definition) is 11. The van der Waals surface area contributed by atoms with Crippen LogP contribution in [0.25, 0.3) is 11.2 Å². The van der Waals surface area contributed by atoms with Crippen LogP contribution in [0.5, 0.6) is 0 Å². The van der Waals surface area contributed by atoms with Crippen molar-refractivity contribution in [3.05, 3.63) is 84.4 Å². The Balaban J connectivity index is 0.937. The SMILES string of the molecule is O=C(Nc1ncnc2c1ncn2C1OC(C(=O)CN2CCCC2C2OC2O)C2OC(Cc3ccccc3)OC21)NC1CC1c1ccccc1. The molecule has 2 aromatic carbocycles. The summed E-state index contributed by atoms with van der Waals surface area (Å²) in [6.45, 7) is 0.883. The van der Waals surface area contributed by atoms with E-state index in [0.29, 0.717) is 17.6 Å². The molecular formula is C35H37N7O7. The number of fused-ring (bicyclic) bond motifs is 2. The fourth-order valence-corrected chi connectivity index (χ4v) is 7.67. The highest BCUT2D eigenvalue weighted by Gasteiger charge is 2.57. The molecule has 0 spiro atoms. The number of benzene rings is 2. The summed E-state index contributed by atoms with van der Waals surface area (Å²) in [7, 11) is 0. The van der Waals surface area contributed by atoms with E-state index < -0.39 is 37.1 Å².